The molecule has 0 spiro atoms. The fraction of sp³-hybridized carbons (Fsp3) is 0.625. The summed E-state index contributed by atoms with van der Waals surface area (Å²) in [4.78, 5) is 0. The van der Waals surface area contributed by atoms with Crippen molar-refractivity contribution in [2.24, 2.45) is 0 Å². The summed E-state index contributed by atoms with van der Waals surface area (Å²) in [7, 11) is 0. The van der Waals surface area contributed by atoms with Crippen molar-refractivity contribution in [3.05, 3.63) is 27.7 Å². The topological polar surface area (TPSA) is 21.3 Å². The van der Waals surface area contributed by atoms with Gasteiger partial charge in [0.25, 0.3) is 0 Å². The van der Waals surface area contributed by atoms with E-state index < -0.39 is 0 Å². The van der Waals surface area contributed by atoms with Crippen LogP contribution in [-0.4, -0.2) is 11.6 Å². The van der Waals surface area contributed by atoms with Crippen LogP contribution in [0.1, 0.15) is 52.0 Å². The highest BCUT2D eigenvalue weighted by atomic mass is 35.5. The quantitative estimate of drug-likeness (QED) is 0.824. The predicted molar refractivity (Wildman–Crippen MR) is 85.9 cm³/mol. The average molecular weight is 316 g/mol. The van der Waals surface area contributed by atoms with Gasteiger partial charge in [0.15, 0.2) is 0 Å². The van der Waals surface area contributed by atoms with Gasteiger partial charge in [-0.15, -0.1) is 0 Å². The molecule has 4 heteroatoms. The Bertz CT molecular complexity index is 462. The summed E-state index contributed by atoms with van der Waals surface area (Å²) in [6.07, 6.45) is 5.01. The van der Waals surface area contributed by atoms with Gasteiger partial charge in [0, 0.05) is 22.7 Å². The molecule has 1 saturated carbocycles. The van der Waals surface area contributed by atoms with Crippen molar-refractivity contribution in [3.8, 4) is 5.75 Å². The third-order valence-corrected chi connectivity index (χ3v) is 3.98. The van der Waals surface area contributed by atoms with E-state index in [0.29, 0.717) is 22.7 Å². The van der Waals surface area contributed by atoms with Crippen molar-refractivity contribution in [2.75, 3.05) is 0 Å². The molecule has 0 saturated heterocycles. The van der Waals surface area contributed by atoms with Gasteiger partial charge in [-0.05, 0) is 58.6 Å². The lowest BCUT2D eigenvalue weighted by Gasteiger charge is -2.23. The highest BCUT2D eigenvalue weighted by Gasteiger charge is 2.21. The predicted octanol–water partition coefficient (Wildman–Crippen LogP) is 5.20. The lowest BCUT2D eigenvalue weighted by Crippen LogP contribution is -2.35. The minimum Gasteiger partial charge on any atom is -0.489 e. The molecular formula is C16H23Cl2NO. The SMILES string of the molecule is CC(C)(C)NCc1cc(Cl)cc(Cl)c1OC1CCCC1. The molecule has 1 aliphatic rings. The maximum Gasteiger partial charge on any atom is 0.142 e. The molecular weight excluding hydrogens is 293 g/mol. The zero-order valence-electron chi connectivity index (χ0n) is 12.4. The molecule has 0 atom stereocenters. The van der Waals surface area contributed by atoms with Gasteiger partial charge in [-0.2, -0.15) is 0 Å². The van der Waals surface area contributed by atoms with Gasteiger partial charge in [-0.3, -0.25) is 0 Å². The Labute approximate surface area is 131 Å². The van der Waals surface area contributed by atoms with Gasteiger partial charge in [-0.1, -0.05) is 23.2 Å². The Hall–Kier alpha value is -0.440. The van der Waals surface area contributed by atoms with Crippen molar-refractivity contribution in [1.29, 1.82) is 0 Å². The Morgan fingerprint density at radius 2 is 1.85 bits per heavy atom. The average Bonchev–Trinajstić information content (AvgIpc) is 2.82. The van der Waals surface area contributed by atoms with Crippen molar-refractivity contribution in [2.45, 2.75) is 64.6 Å². The largest absolute Gasteiger partial charge is 0.489 e. The van der Waals surface area contributed by atoms with E-state index in [9.17, 15) is 0 Å². The van der Waals surface area contributed by atoms with E-state index >= 15 is 0 Å². The van der Waals surface area contributed by atoms with E-state index in [4.69, 9.17) is 27.9 Å². The van der Waals surface area contributed by atoms with Crippen LogP contribution in [0.15, 0.2) is 12.1 Å². The fourth-order valence-electron chi connectivity index (χ4n) is 2.41. The van der Waals surface area contributed by atoms with Crippen LogP contribution < -0.4 is 10.1 Å². The lowest BCUT2D eigenvalue weighted by atomic mass is 10.1. The van der Waals surface area contributed by atoms with Crippen molar-refractivity contribution in [3.63, 3.8) is 0 Å². The Morgan fingerprint density at radius 3 is 2.45 bits per heavy atom. The van der Waals surface area contributed by atoms with Crippen LogP contribution in [0, 0.1) is 0 Å². The first-order chi connectivity index (χ1) is 9.35. The monoisotopic (exact) mass is 315 g/mol. The van der Waals surface area contributed by atoms with Gasteiger partial charge >= 0.3 is 0 Å². The first-order valence-electron chi connectivity index (χ1n) is 7.25. The van der Waals surface area contributed by atoms with Crippen LogP contribution in [0.5, 0.6) is 5.75 Å². The van der Waals surface area contributed by atoms with E-state index in [2.05, 4.69) is 26.1 Å². The molecule has 2 rings (SSSR count). The van der Waals surface area contributed by atoms with Crippen LogP contribution in [0.3, 0.4) is 0 Å². The maximum absolute atomic E-state index is 6.33. The molecule has 2 nitrogen and oxygen atoms in total. The van der Waals surface area contributed by atoms with E-state index in [-0.39, 0.29) is 5.54 Å². The molecule has 20 heavy (non-hydrogen) atoms. The standard InChI is InChI=1S/C16H23Cl2NO/c1-16(2,3)19-10-11-8-12(17)9-14(18)15(11)20-13-6-4-5-7-13/h8-9,13,19H,4-7,10H2,1-3H3. The molecule has 1 aromatic rings. The molecule has 112 valence electrons. The molecule has 1 N–H and O–H groups in total. The minimum atomic E-state index is 0.0411. The van der Waals surface area contributed by atoms with Crippen LogP contribution in [0.2, 0.25) is 10.0 Å². The molecule has 0 heterocycles. The number of ether oxygens (including phenoxy) is 1. The summed E-state index contributed by atoms with van der Waals surface area (Å²) in [5.41, 5.74) is 1.07. The third kappa shape index (κ3) is 4.54. The zero-order chi connectivity index (χ0) is 14.8. The van der Waals surface area contributed by atoms with Gasteiger partial charge < -0.3 is 10.1 Å². The molecule has 0 bridgehead atoms. The molecule has 0 aromatic heterocycles. The third-order valence-electron chi connectivity index (χ3n) is 3.48. The van der Waals surface area contributed by atoms with Gasteiger partial charge in [0.05, 0.1) is 11.1 Å². The second kappa shape index (κ2) is 6.55. The van der Waals surface area contributed by atoms with Crippen LogP contribution in [-0.2, 0) is 6.54 Å². The van der Waals surface area contributed by atoms with E-state index in [1.807, 2.05) is 6.07 Å². The second-order valence-electron chi connectivity index (χ2n) is 6.50. The summed E-state index contributed by atoms with van der Waals surface area (Å²) < 4.78 is 6.13. The van der Waals surface area contributed by atoms with Gasteiger partial charge in [0.1, 0.15) is 5.75 Å². The first-order valence-corrected chi connectivity index (χ1v) is 8.00. The second-order valence-corrected chi connectivity index (χ2v) is 7.35. The van der Waals surface area contributed by atoms with E-state index in [1.165, 1.54) is 12.8 Å². The first kappa shape index (κ1) is 15.9. The molecule has 0 radical (unpaired) electrons. The molecule has 1 aliphatic carbocycles. The molecule has 0 amide bonds. The van der Waals surface area contributed by atoms with Crippen LogP contribution >= 0.6 is 23.2 Å². The van der Waals surface area contributed by atoms with Crippen molar-refractivity contribution in [1.82, 2.24) is 5.32 Å². The Balaban J connectivity index is 2.18. The fourth-order valence-corrected chi connectivity index (χ4v) is 2.99. The van der Waals surface area contributed by atoms with Crippen molar-refractivity contribution < 1.29 is 4.74 Å². The lowest BCUT2D eigenvalue weighted by molar-refractivity contribution is 0.207. The highest BCUT2D eigenvalue weighted by molar-refractivity contribution is 6.35. The minimum absolute atomic E-state index is 0.0411. The number of hydrogen-bond acceptors (Lipinski definition) is 2. The molecule has 0 unspecified atom stereocenters. The van der Waals surface area contributed by atoms with E-state index in [1.54, 1.807) is 6.07 Å². The summed E-state index contributed by atoms with van der Waals surface area (Å²) in [6, 6.07) is 3.70. The summed E-state index contributed by atoms with van der Waals surface area (Å²) in [5.74, 6) is 0.791. The smallest absolute Gasteiger partial charge is 0.142 e. The molecule has 1 aromatic carbocycles. The zero-order valence-corrected chi connectivity index (χ0v) is 13.9. The summed E-state index contributed by atoms with van der Waals surface area (Å²) in [6.45, 7) is 7.11. The van der Waals surface area contributed by atoms with Gasteiger partial charge in [0.2, 0.25) is 0 Å². The normalized spacial score (nSPS) is 16.6. The van der Waals surface area contributed by atoms with E-state index in [0.717, 1.165) is 24.2 Å². The number of nitrogens with one attached hydrogen (secondary N) is 1. The Kier molecular flexibility index (Phi) is 5.22. The maximum atomic E-state index is 6.33. The van der Waals surface area contributed by atoms with Crippen LogP contribution in [0.4, 0.5) is 0 Å². The number of rotatable bonds is 4. The van der Waals surface area contributed by atoms with Gasteiger partial charge in [-0.25, -0.2) is 0 Å². The number of halogens is 2. The van der Waals surface area contributed by atoms with Crippen LogP contribution in [0.25, 0.3) is 0 Å². The number of benzene rings is 1. The highest BCUT2D eigenvalue weighted by Crippen LogP contribution is 2.35. The summed E-state index contributed by atoms with van der Waals surface area (Å²) in [5, 5.41) is 4.72. The number of hydrogen-bond donors (Lipinski definition) is 1. The molecule has 0 aliphatic heterocycles. The molecule has 1 fully saturated rings. The summed E-state index contributed by atoms with van der Waals surface area (Å²) >= 11 is 12.4. The van der Waals surface area contributed by atoms with Crippen molar-refractivity contribution >= 4 is 23.2 Å². The Morgan fingerprint density at radius 1 is 1.20 bits per heavy atom.